The van der Waals surface area contributed by atoms with Gasteiger partial charge in [0.15, 0.2) is 5.65 Å². The lowest BCUT2D eigenvalue weighted by Crippen LogP contribution is -2.29. The lowest BCUT2D eigenvalue weighted by molar-refractivity contribution is -0.121. The van der Waals surface area contributed by atoms with Gasteiger partial charge in [-0.2, -0.15) is 5.10 Å². The summed E-state index contributed by atoms with van der Waals surface area (Å²) in [5.41, 5.74) is 0.730. The van der Waals surface area contributed by atoms with Gasteiger partial charge in [0.2, 0.25) is 5.91 Å². The molecule has 0 aromatic carbocycles. The van der Waals surface area contributed by atoms with Gasteiger partial charge in [0.05, 0.1) is 11.6 Å². The molecular weight excluding hydrogens is 316 g/mol. The molecule has 0 aliphatic carbocycles. The Morgan fingerprint density at radius 2 is 1.96 bits per heavy atom. The molecule has 0 radical (unpaired) electrons. The van der Waals surface area contributed by atoms with E-state index in [1.807, 2.05) is 0 Å². The van der Waals surface area contributed by atoms with Gasteiger partial charge in [-0.15, -0.1) is 0 Å². The summed E-state index contributed by atoms with van der Waals surface area (Å²) in [5, 5.41) is 8.26. The van der Waals surface area contributed by atoms with Crippen LogP contribution in [-0.4, -0.2) is 45.3 Å². The quantitative estimate of drug-likeness (QED) is 0.871. The first-order chi connectivity index (χ1) is 12.1. The highest BCUT2D eigenvalue weighted by molar-refractivity contribution is 5.87. The normalized spacial score (nSPS) is 15.6. The summed E-state index contributed by atoms with van der Waals surface area (Å²) in [7, 11) is 0. The van der Waals surface area contributed by atoms with E-state index in [0.29, 0.717) is 12.5 Å². The van der Waals surface area contributed by atoms with Crippen molar-refractivity contribution in [3.05, 3.63) is 12.5 Å². The van der Waals surface area contributed by atoms with Gasteiger partial charge in [-0.05, 0) is 25.2 Å². The lowest BCUT2D eigenvalue weighted by atomic mass is 10.1. The van der Waals surface area contributed by atoms with Gasteiger partial charge in [-0.3, -0.25) is 4.79 Å². The first kappa shape index (κ1) is 17.6. The van der Waals surface area contributed by atoms with Crippen molar-refractivity contribution < 1.29 is 4.79 Å². The minimum absolute atomic E-state index is 0.0272. The zero-order chi connectivity index (χ0) is 17.6. The molecule has 0 unspecified atom stereocenters. The molecule has 1 saturated heterocycles. The Morgan fingerprint density at radius 1 is 1.20 bits per heavy atom. The number of anilines is 1. The molecule has 3 rings (SSSR count). The number of amides is 1. The summed E-state index contributed by atoms with van der Waals surface area (Å²) in [6.45, 7) is 7.23. The Kier molecular flexibility index (Phi) is 5.83. The number of carbonyl (C=O) groups is 1. The molecular formula is C18H28N6O. The van der Waals surface area contributed by atoms with Crippen LogP contribution in [0.3, 0.4) is 0 Å². The Labute approximate surface area is 148 Å². The topological polar surface area (TPSA) is 75.9 Å². The van der Waals surface area contributed by atoms with Crippen LogP contribution in [0.2, 0.25) is 0 Å². The minimum atomic E-state index is -0.0272. The standard InChI is InChI=1S/C18H28N6O/c1-14(2)7-8-19-16(25)12-24-18-15(11-22-24)17(20-13-21-18)23-9-5-3-4-6-10-23/h11,13-14H,3-10,12H2,1-2H3,(H,19,25). The SMILES string of the molecule is CC(C)CCNC(=O)Cn1ncc2c(N3CCCCCC3)ncnc21. The van der Waals surface area contributed by atoms with Crippen LogP contribution >= 0.6 is 0 Å². The molecule has 7 heteroatoms. The summed E-state index contributed by atoms with van der Waals surface area (Å²) in [6.07, 6.45) is 9.29. The van der Waals surface area contributed by atoms with Crippen molar-refractivity contribution in [3.63, 3.8) is 0 Å². The maximum Gasteiger partial charge on any atom is 0.241 e. The molecule has 0 spiro atoms. The first-order valence-corrected chi connectivity index (χ1v) is 9.33. The number of rotatable bonds is 6. The second kappa shape index (κ2) is 8.27. The zero-order valence-electron chi connectivity index (χ0n) is 15.2. The Bertz CT molecular complexity index is 703. The van der Waals surface area contributed by atoms with Crippen LogP contribution in [0.25, 0.3) is 11.0 Å². The fraction of sp³-hybridized carbons (Fsp3) is 0.667. The molecule has 0 saturated carbocycles. The van der Waals surface area contributed by atoms with Crippen LogP contribution in [0.1, 0.15) is 46.0 Å². The second-order valence-electron chi connectivity index (χ2n) is 7.17. The summed E-state index contributed by atoms with van der Waals surface area (Å²) < 4.78 is 1.67. The fourth-order valence-electron chi connectivity index (χ4n) is 3.22. The Morgan fingerprint density at radius 3 is 2.68 bits per heavy atom. The van der Waals surface area contributed by atoms with E-state index in [0.717, 1.165) is 36.4 Å². The van der Waals surface area contributed by atoms with Gasteiger partial charge in [-0.1, -0.05) is 26.7 Å². The number of nitrogens with one attached hydrogen (secondary N) is 1. The third-order valence-electron chi connectivity index (χ3n) is 4.66. The van der Waals surface area contributed by atoms with E-state index in [4.69, 9.17) is 0 Å². The molecule has 1 N–H and O–H groups in total. The molecule has 2 aromatic rings. The largest absolute Gasteiger partial charge is 0.356 e. The number of carbonyl (C=O) groups excluding carboxylic acids is 1. The van der Waals surface area contributed by atoms with Crippen LogP contribution in [0.4, 0.5) is 5.82 Å². The van der Waals surface area contributed by atoms with Gasteiger partial charge in [0, 0.05) is 19.6 Å². The van der Waals surface area contributed by atoms with Gasteiger partial charge in [0.1, 0.15) is 18.7 Å². The van der Waals surface area contributed by atoms with E-state index in [1.54, 1.807) is 17.2 Å². The minimum Gasteiger partial charge on any atom is -0.356 e. The molecule has 1 aliphatic heterocycles. The maximum atomic E-state index is 12.1. The fourth-order valence-corrected chi connectivity index (χ4v) is 3.22. The van der Waals surface area contributed by atoms with Crippen molar-refractivity contribution in [2.45, 2.75) is 52.5 Å². The van der Waals surface area contributed by atoms with Gasteiger partial charge in [-0.25, -0.2) is 14.6 Å². The highest BCUT2D eigenvalue weighted by atomic mass is 16.2. The van der Waals surface area contributed by atoms with Gasteiger partial charge in [0.25, 0.3) is 0 Å². The predicted octanol–water partition coefficient (Wildman–Crippen LogP) is 2.37. The smallest absolute Gasteiger partial charge is 0.241 e. The molecule has 25 heavy (non-hydrogen) atoms. The van der Waals surface area contributed by atoms with Crippen LogP contribution in [0.5, 0.6) is 0 Å². The number of hydrogen-bond acceptors (Lipinski definition) is 5. The molecule has 1 aliphatic rings. The number of aromatic nitrogens is 4. The predicted molar refractivity (Wildman–Crippen MR) is 98.5 cm³/mol. The number of hydrogen-bond donors (Lipinski definition) is 1. The highest BCUT2D eigenvalue weighted by Crippen LogP contribution is 2.25. The van der Waals surface area contributed by atoms with Crippen LogP contribution < -0.4 is 10.2 Å². The van der Waals surface area contributed by atoms with Crippen molar-refractivity contribution in [2.24, 2.45) is 5.92 Å². The van der Waals surface area contributed by atoms with Crippen molar-refractivity contribution in [3.8, 4) is 0 Å². The number of nitrogens with zero attached hydrogens (tertiary/aromatic N) is 5. The molecule has 1 fully saturated rings. The maximum absolute atomic E-state index is 12.1. The molecule has 136 valence electrons. The van der Waals surface area contributed by atoms with Crippen LogP contribution in [-0.2, 0) is 11.3 Å². The van der Waals surface area contributed by atoms with Gasteiger partial charge < -0.3 is 10.2 Å². The Hall–Kier alpha value is -2.18. The van der Waals surface area contributed by atoms with Crippen LogP contribution in [0, 0.1) is 5.92 Å². The van der Waals surface area contributed by atoms with Crippen molar-refractivity contribution in [1.82, 2.24) is 25.1 Å². The molecule has 0 atom stereocenters. The van der Waals surface area contributed by atoms with E-state index in [-0.39, 0.29) is 12.5 Å². The lowest BCUT2D eigenvalue weighted by Gasteiger charge is -2.21. The van der Waals surface area contributed by atoms with Crippen LogP contribution in [0.15, 0.2) is 12.5 Å². The second-order valence-corrected chi connectivity index (χ2v) is 7.17. The molecule has 1 amide bonds. The van der Waals surface area contributed by atoms with Crippen molar-refractivity contribution >= 4 is 22.8 Å². The molecule has 2 aromatic heterocycles. The molecule has 0 bridgehead atoms. The highest BCUT2D eigenvalue weighted by Gasteiger charge is 2.17. The third kappa shape index (κ3) is 4.46. The molecule has 3 heterocycles. The average molecular weight is 344 g/mol. The van der Waals surface area contributed by atoms with E-state index >= 15 is 0 Å². The third-order valence-corrected chi connectivity index (χ3v) is 4.66. The molecule has 7 nitrogen and oxygen atoms in total. The summed E-state index contributed by atoms with van der Waals surface area (Å²) in [4.78, 5) is 23.3. The first-order valence-electron chi connectivity index (χ1n) is 9.33. The van der Waals surface area contributed by atoms with E-state index < -0.39 is 0 Å². The zero-order valence-corrected chi connectivity index (χ0v) is 15.2. The summed E-state index contributed by atoms with van der Waals surface area (Å²) >= 11 is 0. The van der Waals surface area contributed by atoms with E-state index in [9.17, 15) is 4.79 Å². The van der Waals surface area contributed by atoms with Gasteiger partial charge >= 0.3 is 0 Å². The van der Waals surface area contributed by atoms with E-state index in [1.165, 1.54) is 25.7 Å². The Balaban J connectivity index is 1.73. The summed E-state index contributed by atoms with van der Waals surface area (Å²) in [5.74, 6) is 1.49. The van der Waals surface area contributed by atoms with Crippen molar-refractivity contribution in [2.75, 3.05) is 24.5 Å². The number of fused-ring (bicyclic) bond motifs is 1. The van der Waals surface area contributed by atoms with E-state index in [2.05, 4.69) is 39.1 Å². The summed E-state index contributed by atoms with van der Waals surface area (Å²) in [6, 6.07) is 0. The average Bonchev–Trinajstić information content (AvgIpc) is 2.81. The van der Waals surface area contributed by atoms with Crippen molar-refractivity contribution in [1.29, 1.82) is 0 Å². The monoisotopic (exact) mass is 344 g/mol.